The first-order chi connectivity index (χ1) is 29.1. The largest absolute Gasteiger partial charge is 0.309 e. The summed E-state index contributed by atoms with van der Waals surface area (Å²) in [4.78, 5) is 10.3. The Kier molecular flexibility index (Phi) is 7.47. The molecule has 2 aromatic heterocycles. The molecule has 0 N–H and O–H groups in total. The second-order valence-corrected chi connectivity index (χ2v) is 17.9. The van der Waals surface area contributed by atoms with Crippen molar-refractivity contribution in [2.75, 3.05) is 0 Å². The van der Waals surface area contributed by atoms with Crippen LogP contribution in [0.3, 0.4) is 0 Å². The number of para-hydroxylation sites is 2. The van der Waals surface area contributed by atoms with Gasteiger partial charge in [0, 0.05) is 43.6 Å². The third kappa shape index (κ3) is 5.13. The zero-order valence-electron chi connectivity index (χ0n) is 31.8. The van der Waals surface area contributed by atoms with E-state index >= 15 is 4.57 Å². The highest BCUT2D eigenvalue weighted by molar-refractivity contribution is 7.86. The summed E-state index contributed by atoms with van der Waals surface area (Å²) in [6, 6.07) is 71.6. The van der Waals surface area contributed by atoms with Gasteiger partial charge in [-0.25, -0.2) is 9.97 Å². The number of fused-ring (bicyclic) bond motifs is 9. The minimum Gasteiger partial charge on any atom is -0.309 e. The van der Waals surface area contributed by atoms with E-state index in [9.17, 15) is 0 Å². The highest BCUT2D eigenvalue weighted by Crippen LogP contribution is 2.55. The molecule has 0 saturated heterocycles. The van der Waals surface area contributed by atoms with E-state index in [4.69, 9.17) is 9.97 Å². The van der Waals surface area contributed by atoms with Crippen molar-refractivity contribution in [3.8, 4) is 50.6 Å². The van der Waals surface area contributed by atoms with Crippen LogP contribution < -0.4 is 15.9 Å². The average molecular weight is 772 g/mol. The molecule has 0 spiro atoms. The van der Waals surface area contributed by atoms with Crippen LogP contribution in [0.2, 0.25) is 0 Å². The molecular weight excluding hydrogens is 738 g/mol. The fraction of sp³-hybridized carbons (Fsp3) is 0. The van der Waals surface area contributed by atoms with Crippen molar-refractivity contribution in [2.45, 2.75) is 0 Å². The molecule has 0 aliphatic carbocycles. The maximum atomic E-state index is 15.9. The van der Waals surface area contributed by atoms with Crippen LogP contribution >= 0.6 is 7.14 Å². The summed E-state index contributed by atoms with van der Waals surface area (Å²) in [5.41, 5.74) is 11.2. The van der Waals surface area contributed by atoms with Gasteiger partial charge in [0.15, 0.2) is 13.0 Å². The number of hydrogen-bond donors (Lipinski definition) is 0. The maximum Gasteiger partial charge on any atom is 0.174 e. The number of nitrogens with zero attached hydrogens (tertiary/aromatic N) is 3. The molecule has 3 heterocycles. The Morgan fingerprint density at radius 2 is 1.10 bits per heavy atom. The molecule has 0 saturated carbocycles. The van der Waals surface area contributed by atoms with Gasteiger partial charge in [0.2, 0.25) is 0 Å². The smallest absolute Gasteiger partial charge is 0.174 e. The summed E-state index contributed by atoms with van der Waals surface area (Å²) >= 11 is 0. The number of aromatic nitrogens is 3. The normalized spacial score (nSPS) is 14.6. The summed E-state index contributed by atoms with van der Waals surface area (Å²) in [5, 5.41) is 8.32. The highest BCUT2D eigenvalue weighted by atomic mass is 31.2. The van der Waals surface area contributed by atoms with Crippen LogP contribution in [0, 0.1) is 0 Å². The van der Waals surface area contributed by atoms with Gasteiger partial charge in [-0.05, 0) is 75.5 Å². The molecule has 0 fully saturated rings. The Hall–Kier alpha value is -7.39. The van der Waals surface area contributed by atoms with E-state index < -0.39 is 7.14 Å². The minimum absolute atomic E-state index is 0.663. The van der Waals surface area contributed by atoms with Crippen molar-refractivity contribution in [1.29, 1.82) is 0 Å². The quantitative estimate of drug-likeness (QED) is 0.164. The van der Waals surface area contributed by atoms with Crippen molar-refractivity contribution in [3.63, 3.8) is 0 Å². The predicted molar refractivity (Wildman–Crippen MR) is 246 cm³/mol. The molecule has 12 rings (SSSR count). The van der Waals surface area contributed by atoms with E-state index in [2.05, 4.69) is 150 Å². The lowest BCUT2D eigenvalue weighted by atomic mass is 9.98. The van der Waals surface area contributed by atoms with E-state index in [1.807, 2.05) is 60.7 Å². The van der Waals surface area contributed by atoms with Crippen LogP contribution in [0.1, 0.15) is 0 Å². The van der Waals surface area contributed by atoms with Crippen LogP contribution in [0.5, 0.6) is 0 Å². The molecule has 4 nitrogen and oxygen atoms in total. The third-order valence-electron chi connectivity index (χ3n) is 12.0. The van der Waals surface area contributed by atoms with Crippen molar-refractivity contribution in [2.24, 2.45) is 0 Å². The van der Waals surface area contributed by atoms with Gasteiger partial charge in [0.25, 0.3) is 0 Å². The molecule has 1 aliphatic heterocycles. The summed E-state index contributed by atoms with van der Waals surface area (Å²) in [7, 11) is -3.24. The minimum atomic E-state index is -3.24. The van der Waals surface area contributed by atoms with Crippen LogP contribution in [0.25, 0.3) is 94.1 Å². The molecule has 0 radical (unpaired) electrons. The van der Waals surface area contributed by atoms with Crippen LogP contribution in [-0.2, 0) is 4.57 Å². The molecule has 5 heteroatoms. The molecule has 9 aromatic carbocycles. The van der Waals surface area contributed by atoms with Crippen LogP contribution in [0.4, 0.5) is 0 Å². The zero-order chi connectivity index (χ0) is 39.1. The number of rotatable bonds is 5. The molecule has 59 heavy (non-hydrogen) atoms. The summed E-state index contributed by atoms with van der Waals surface area (Å²) in [6.07, 6.45) is 0. The van der Waals surface area contributed by atoms with Gasteiger partial charge >= 0.3 is 0 Å². The molecule has 1 aliphatic rings. The van der Waals surface area contributed by atoms with Gasteiger partial charge in [-0.3, -0.25) is 0 Å². The van der Waals surface area contributed by atoms with Gasteiger partial charge in [-0.15, -0.1) is 0 Å². The van der Waals surface area contributed by atoms with Crippen LogP contribution in [-0.4, -0.2) is 14.5 Å². The number of benzene rings is 9. The Morgan fingerprint density at radius 1 is 0.441 bits per heavy atom. The van der Waals surface area contributed by atoms with Gasteiger partial charge in [-0.1, -0.05) is 164 Å². The first kappa shape index (κ1) is 33.7. The first-order valence-corrected chi connectivity index (χ1v) is 21.6. The fourth-order valence-corrected chi connectivity index (χ4v) is 12.5. The summed E-state index contributed by atoms with van der Waals surface area (Å²) in [6.45, 7) is 0. The Bertz CT molecular complexity index is 3520. The molecule has 0 bridgehead atoms. The van der Waals surface area contributed by atoms with E-state index in [0.29, 0.717) is 5.82 Å². The lowest BCUT2D eigenvalue weighted by molar-refractivity contribution is 0.593. The average Bonchev–Trinajstić information content (AvgIpc) is 3.79. The third-order valence-corrected chi connectivity index (χ3v) is 15.2. The van der Waals surface area contributed by atoms with Crippen molar-refractivity contribution >= 4 is 66.5 Å². The lowest BCUT2D eigenvalue weighted by Crippen LogP contribution is -2.22. The zero-order valence-corrected chi connectivity index (χ0v) is 32.7. The summed E-state index contributed by atoms with van der Waals surface area (Å²) < 4.78 is 18.2. The van der Waals surface area contributed by atoms with E-state index in [1.165, 1.54) is 16.3 Å². The van der Waals surface area contributed by atoms with Crippen molar-refractivity contribution in [1.82, 2.24) is 14.5 Å². The highest BCUT2D eigenvalue weighted by Gasteiger charge is 2.42. The Morgan fingerprint density at radius 3 is 1.95 bits per heavy atom. The van der Waals surface area contributed by atoms with Crippen molar-refractivity contribution in [3.05, 3.63) is 206 Å². The molecule has 11 aromatic rings. The number of hydrogen-bond acceptors (Lipinski definition) is 3. The van der Waals surface area contributed by atoms with E-state index in [-0.39, 0.29) is 0 Å². The Balaban J connectivity index is 0.993. The molecule has 0 amide bonds. The topological polar surface area (TPSA) is 47.8 Å². The van der Waals surface area contributed by atoms with Gasteiger partial charge in [0.1, 0.15) is 0 Å². The standard InChI is InChI=1S/C54H34N3OP/c58-59(42-14-2-1-3-15-42)50-21-11-8-17-44(50)46-33-32-45-43-16-7-10-20-49(43)57(52(45)53(46)59)41-30-28-38(29-31-41)54-55-48-19-9-6-18-47(48)51(56-54)37-25-22-36(23-26-37)40-27-24-35-12-4-5-13-39(35)34-40/h1-34H. The molecular formula is C54H34N3OP. The van der Waals surface area contributed by atoms with Gasteiger partial charge < -0.3 is 9.13 Å². The van der Waals surface area contributed by atoms with E-state index in [0.717, 1.165) is 87.8 Å². The second-order valence-electron chi connectivity index (χ2n) is 15.3. The monoisotopic (exact) mass is 771 g/mol. The fourth-order valence-electron chi connectivity index (χ4n) is 9.22. The second kappa shape index (κ2) is 13.1. The molecule has 1 atom stereocenters. The summed E-state index contributed by atoms with van der Waals surface area (Å²) in [5.74, 6) is 0.663. The first-order valence-electron chi connectivity index (χ1n) is 19.9. The van der Waals surface area contributed by atoms with Gasteiger partial charge in [-0.2, -0.15) is 0 Å². The lowest BCUT2D eigenvalue weighted by Gasteiger charge is -2.18. The SMILES string of the molecule is O=P1(c2ccccc2)c2ccccc2-c2ccc3c4ccccc4n(-c4ccc(-c5nc(-c6ccc(-c7ccc8ccccc8c7)cc6)c6ccccc6n5)cc4)c3c21. The Labute approximate surface area is 341 Å². The van der Waals surface area contributed by atoms with Gasteiger partial charge in [0.05, 0.1) is 27.5 Å². The van der Waals surface area contributed by atoms with Crippen LogP contribution in [0.15, 0.2) is 206 Å². The van der Waals surface area contributed by atoms with Crippen molar-refractivity contribution < 1.29 is 4.57 Å². The molecule has 276 valence electrons. The predicted octanol–water partition coefficient (Wildman–Crippen LogP) is 12.5. The maximum absolute atomic E-state index is 15.9. The molecule has 1 unspecified atom stereocenters. The van der Waals surface area contributed by atoms with E-state index in [1.54, 1.807) is 0 Å².